The van der Waals surface area contributed by atoms with Gasteiger partial charge in [0.25, 0.3) is 18.2 Å². The summed E-state index contributed by atoms with van der Waals surface area (Å²) >= 11 is 0.750. The van der Waals surface area contributed by atoms with Crippen LogP contribution < -0.4 is 11.1 Å². The van der Waals surface area contributed by atoms with Crippen LogP contribution in [0.25, 0.3) is 21.3 Å². The number of H-pyrrole nitrogens is 1. The molecule has 0 spiro atoms. The molecule has 0 saturated carbocycles. The SMILES string of the molecule is NC(=O)c1sc2nc(C(F)F)cc(-c3ccccc3)c2c1NC(=O)c1cc([N+](=O)[O-])[nH]n1. The lowest BCUT2D eigenvalue weighted by molar-refractivity contribution is -0.389. The number of fused-ring (bicyclic) bond motifs is 1. The topological polar surface area (TPSA) is 157 Å². The van der Waals surface area contributed by atoms with E-state index in [4.69, 9.17) is 5.73 Å². The molecule has 0 aliphatic heterocycles. The predicted molar refractivity (Wildman–Crippen MR) is 112 cm³/mol. The molecule has 4 N–H and O–H groups in total. The number of nitrogens with zero attached hydrogens (tertiary/aromatic N) is 3. The van der Waals surface area contributed by atoms with Gasteiger partial charge in [-0.2, -0.15) is 0 Å². The maximum atomic E-state index is 13.5. The zero-order valence-corrected chi connectivity index (χ0v) is 16.7. The first-order valence-corrected chi connectivity index (χ1v) is 9.70. The minimum Gasteiger partial charge on any atom is -0.365 e. The molecule has 0 atom stereocenters. The third-order valence-corrected chi connectivity index (χ3v) is 5.54. The zero-order chi connectivity index (χ0) is 23.0. The molecular weight excluding hydrogens is 446 g/mol. The molecule has 4 aromatic rings. The molecule has 3 heterocycles. The number of benzene rings is 1. The van der Waals surface area contributed by atoms with Crippen molar-refractivity contribution in [3.05, 3.63) is 68.8 Å². The fourth-order valence-corrected chi connectivity index (χ4v) is 4.08. The van der Waals surface area contributed by atoms with E-state index in [9.17, 15) is 28.5 Å². The average Bonchev–Trinajstić information content (AvgIpc) is 3.39. The molecule has 2 amide bonds. The number of primary amides is 1. The quantitative estimate of drug-likeness (QED) is 0.294. The van der Waals surface area contributed by atoms with Crippen molar-refractivity contribution >= 4 is 44.9 Å². The minimum absolute atomic E-state index is 0.0414. The molecule has 0 unspecified atom stereocenters. The largest absolute Gasteiger partial charge is 0.365 e. The summed E-state index contributed by atoms with van der Waals surface area (Å²) in [5.41, 5.74) is 5.44. The second-order valence-electron chi connectivity index (χ2n) is 6.46. The second kappa shape index (κ2) is 8.11. The molecule has 0 bridgehead atoms. The van der Waals surface area contributed by atoms with Crippen LogP contribution in [0.3, 0.4) is 0 Å². The molecule has 0 fully saturated rings. The number of nitro groups is 1. The van der Waals surface area contributed by atoms with Gasteiger partial charge in [0.15, 0.2) is 5.69 Å². The van der Waals surface area contributed by atoms with Crippen LogP contribution in [-0.2, 0) is 0 Å². The van der Waals surface area contributed by atoms with Crippen LogP contribution >= 0.6 is 11.3 Å². The number of carbonyl (C=O) groups is 2. The molecule has 1 aromatic carbocycles. The van der Waals surface area contributed by atoms with E-state index in [1.807, 2.05) is 0 Å². The zero-order valence-electron chi connectivity index (χ0n) is 15.8. The monoisotopic (exact) mass is 458 g/mol. The summed E-state index contributed by atoms with van der Waals surface area (Å²) in [6, 6.07) is 10.6. The van der Waals surface area contributed by atoms with Crippen LogP contribution in [0.4, 0.5) is 20.3 Å². The Morgan fingerprint density at radius 3 is 2.53 bits per heavy atom. The number of nitrogens with one attached hydrogen (secondary N) is 2. The van der Waals surface area contributed by atoms with Crippen molar-refractivity contribution in [2.24, 2.45) is 5.73 Å². The van der Waals surface area contributed by atoms with Gasteiger partial charge >= 0.3 is 5.82 Å². The second-order valence-corrected chi connectivity index (χ2v) is 7.46. The lowest BCUT2D eigenvalue weighted by Crippen LogP contribution is -2.17. The number of pyridine rings is 1. The molecule has 0 aliphatic rings. The molecule has 3 aromatic heterocycles. The number of carbonyl (C=O) groups excluding carboxylic acids is 2. The van der Waals surface area contributed by atoms with Crippen molar-refractivity contribution in [1.29, 1.82) is 0 Å². The average molecular weight is 458 g/mol. The first-order valence-electron chi connectivity index (χ1n) is 8.88. The summed E-state index contributed by atoms with van der Waals surface area (Å²) in [6.07, 6.45) is -2.87. The highest BCUT2D eigenvalue weighted by Crippen LogP contribution is 2.42. The highest BCUT2D eigenvalue weighted by molar-refractivity contribution is 7.21. The summed E-state index contributed by atoms with van der Waals surface area (Å²) < 4.78 is 26.9. The Bertz CT molecular complexity index is 1370. The molecule has 0 saturated heterocycles. The van der Waals surface area contributed by atoms with Crippen LogP contribution in [0.2, 0.25) is 0 Å². The van der Waals surface area contributed by atoms with Crippen molar-refractivity contribution in [1.82, 2.24) is 15.2 Å². The molecule has 0 radical (unpaired) electrons. The standard InChI is InChI=1S/C19H12F2N6O4S/c20-16(21)10-6-9(8-4-2-1-3-5-8)13-14(15(17(22)28)32-19(13)23-10)24-18(29)11-7-12(26-25-11)27(30)31/h1-7,16H,(H2,22,28)(H,24,29)(H,25,26). The van der Waals surface area contributed by atoms with Crippen molar-refractivity contribution < 1.29 is 23.3 Å². The number of rotatable bonds is 6. The third kappa shape index (κ3) is 3.76. The van der Waals surface area contributed by atoms with Crippen molar-refractivity contribution in [3.8, 4) is 11.1 Å². The molecule has 0 aliphatic carbocycles. The molecule has 13 heteroatoms. The number of halogens is 2. The predicted octanol–water partition coefficient (Wildman–Crippen LogP) is 3.88. The van der Waals surface area contributed by atoms with Crippen molar-refractivity contribution in [3.63, 3.8) is 0 Å². The van der Waals surface area contributed by atoms with Crippen molar-refractivity contribution in [2.45, 2.75) is 6.43 Å². The Kier molecular flexibility index (Phi) is 5.32. The lowest BCUT2D eigenvalue weighted by Gasteiger charge is -2.10. The molecule has 162 valence electrons. The number of amides is 2. The Morgan fingerprint density at radius 2 is 1.94 bits per heavy atom. The van der Waals surface area contributed by atoms with Gasteiger partial charge in [-0.1, -0.05) is 35.4 Å². The Balaban J connectivity index is 1.92. The maximum Gasteiger partial charge on any atom is 0.343 e. The van der Waals surface area contributed by atoms with E-state index in [0.717, 1.165) is 17.4 Å². The summed E-state index contributed by atoms with van der Waals surface area (Å²) in [5.74, 6) is -2.28. The van der Waals surface area contributed by atoms with E-state index >= 15 is 0 Å². The number of aromatic amines is 1. The first-order chi connectivity index (χ1) is 15.3. The lowest BCUT2D eigenvalue weighted by atomic mass is 10.0. The van der Waals surface area contributed by atoms with Gasteiger partial charge in [-0.25, -0.2) is 13.8 Å². The summed E-state index contributed by atoms with van der Waals surface area (Å²) in [4.78, 5) is 38.7. The molecule has 4 rings (SSSR count). The van der Waals surface area contributed by atoms with Gasteiger partial charge in [0.2, 0.25) is 0 Å². The smallest absolute Gasteiger partial charge is 0.343 e. The number of aromatic nitrogens is 3. The van der Waals surface area contributed by atoms with Crippen LogP contribution in [0.15, 0.2) is 42.5 Å². The molecule has 10 nitrogen and oxygen atoms in total. The summed E-state index contributed by atoms with van der Waals surface area (Å²) in [7, 11) is 0. The highest BCUT2D eigenvalue weighted by Gasteiger charge is 2.26. The van der Waals surface area contributed by atoms with E-state index in [2.05, 4.69) is 20.5 Å². The highest BCUT2D eigenvalue weighted by atomic mass is 32.1. The summed E-state index contributed by atoms with van der Waals surface area (Å²) in [5, 5.41) is 19.2. The normalized spacial score (nSPS) is 11.1. The van der Waals surface area contributed by atoms with Gasteiger partial charge < -0.3 is 21.2 Å². The number of thiophene rings is 1. The third-order valence-electron chi connectivity index (χ3n) is 4.45. The maximum absolute atomic E-state index is 13.5. The molecule has 32 heavy (non-hydrogen) atoms. The van der Waals surface area contributed by atoms with Crippen molar-refractivity contribution in [2.75, 3.05) is 5.32 Å². The number of hydrogen-bond donors (Lipinski definition) is 3. The van der Waals surface area contributed by atoms with Crippen LogP contribution in [0.5, 0.6) is 0 Å². The van der Waals surface area contributed by atoms with Gasteiger partial charge in [-0.05, 0) is 22.1 Å². The van der Waals surface area contributed by atoms with Gasteiger partial charge in [0.05, 0.1) is 11.8 Å². The van der Waals surface area contributed by atoms with E-state index in [0.29, 0.717) is 11.1 Å². The van der Waals surface area contributed by atoms with E-state index in [1.54, 1.807) is 30.3 Å². The Hall–Kier alpha value is -4.26. The first kappa shape index (κ1) is 21.0. The number of hydrogen-bond acceptors (Lipinski definition) is 7. The number of anilines is 1. The fraction of sp³-hybridized carbons (Fsp3) is 0.0526. The van der Waals surface area contributed by atoms with Gasteiger partial charge in [-0.3, -0.25) is 9.59 Å². The van der Waals surface area contributed by atoms with Gasteiger partial charge in [0, 0.05) is 5.39 Å². The minimum atomic E-state index is -2.87. The van der Waals surface area contributed by atoms with E-state index in [-0.39, 0.29) is 26.5 Å². The Labute approximate surface area is 181 Å². The van der Waals surface area contributed by atoms with E-state index in [1.165, 1.54) is 6.07 Å². The number of alkyl halides is 2. The van der Waals surface area contributed by atoms with Crippen LogP contribution in [0, 0.1) is 10.1 Å². The van der Waals surface area contributed by atoms with E-state index < -0.39 is 34.7 Å². The molecular formula is C19H12F2N6O4S. The van der Waals surface area contributed by atoms with Crippen LogP contribution in [-0.4, -0.2) is 31.9 Å². The van der Waals surface area contributed by atoms with Crippen LogP contribution in [0.1, 0.15) is 32.3 Å². The Morgan fingerprint density at radius 1 is 1.22 bits per heavy atom. The summed E-state index contributed by atoms with van der Waals surface area (Å²) in [6.45, 7) is 0. The van der Waals surface area contributed by atoms with Gasteiger partial charge in [-0.15, -0.1) is 16.4 Å². The number of nitrogens with two attached hydrogens (primary N) is 1. The van der Waals surface area contributed by atoms with Gasteiger partial charge in [0.1, 0.15) is 15.4 Å². The fourth-order valence-electron chi connectivity index (χ4n) is 3.07.